The third kappa shape index (κ3) is 4.55. The van der Waals surface area contributed by atoms with E-state index in [0.717, 1.165) is 57.9 Å². The maximum absolute atomic E-state index is 13.5. The summed E-state index contributed by atoms with van der Waals surface area (Å²) in [5.74, 6) is 1.77. The van der Waals surface area contributed by atoms with Crippen LogP contribution in [0.15, 0.2) is 9.42 Å². The van der Waals surface area contributed by atoms with Crippen molar-refractivity contribution in [2.75, 3.05) is 13.2 Å². The van der Waals surface area contributed by atoms with Gasteiger partial charge in [-0.3, -0.25) is 9.59 Å². The minimum atomic E-state index is -0.530. The first kappa shape index (κ1) is 24.6. The van der Waals surface area contributed by atoms with Crippen LogP contribution in [-0.2, 0) is 4.79 Å². The van der Waals surface area contributed by atoms with Crippen LogP contribution in [0.3, 0.4) is 0 Å². The number of carbonyl (C=O) groups is 2. The molecular weight excluding hydrogens is 478 g/mol. The van der Waals surface area contributed by atoms with E-state index in [4.69, 9.17) is 9.26 Å². The fraction of sp³-hybridized carbons (Fsp3) is 0.815. The van der Waals surface area contributed by atoms with Crippen LogP contribution >= 0.6 is 11.8 Å². The van der Waals surface area contributed by atoms with Crippen molar-refractivity contribution in [1.82, 2.24) is 15.4 Å². The summed E-state index contributed by atoms with van der Waals surface area (Å²) in [4.78, 5) is 28.4. The smallest absolute Gasteiger partial charge is 0.291 e. The van der Waals surface area contributed by atoms with E-state index in [2.05, 4.69) is 10.5 Å². The van der Waals surface area contributed by atoms with E-state index in [1.54, 1.807) is 11.8 Å². The molecule has 2 amide bonds. The summed E-state index contributed by atoms with van der Waals surface area (Å²) in [7, 11) is 0. The quantitative estimate of drug-likeness (QED) is 0.533. The Morgan fingerprint density at radius 3 is 2.58 bits per heavy atom. The fourth-order valence-corrected chi connectivity index (χ4v) is 9.16. The number of likely N-dealkylation sites (tertiary alicyclic amines) is 1. The maximum atomic E-state index is 13.5. The number of rotatable bonds is 8. The molecule has 2 heterocycles. The number of nitrogens with one attached hydrogen (secondary N) is 1. The average Bonchev–Trinajstić information content (AvgIpc) is 3.56. The fourth-order valence-electron chi connectivity index (χ4n) is 7.83. The molecule has 1 saturated heterocycles. The lowest BCUT2D eigenvalue weighted by molar-refractivity contribution is -0.137. The van der Waals surface area contributed by atoms with E-state index in [9.17, 15) is 14.7 Å². The van der Waals surface area contributed by atoms with E-state index in [0.29, 0.717) is 40.2 Å². The molecule has 1 aromatic heterocycles. The Morgan fingerprint density at radius 1 is 1.22 bits per heavy atom. The third-order valence-electron chi connectivity index (χ3n) is 9.32. The Morgan fingerprint density at radius 2 is 1.94 bits per heavy atom. The number of ether oxygens (including phenoxy) is 1. The van der Waals surface area contributed by atoms with Gasteiger partial charge in [-0.2, -0.15) is 0 Å². The summed E-state index contributed by atoms with van der Waals surface area (Å²) in [6.07, 6.45) is 10.7. The number of hydrogen-bond acceptors (Lipinski definition) is 7. The number of thioether (sulfide) groups is 1. The van der Waals surface area contributed by atoms with Gasteiger partial charge in [0.1, 0.15) is 11.5 Å². The Kier molecular flexibility index (Phi) is 6.30. The second kappa shape index (κ2) is 9.22. The van der Waals surface area contributed by atoms with Gasteiger partial charge in [0.2, 0.25) is 11.7 Å². The second-order valence-electron chi connectivity index (χ2n) is 12.6. The molecule has 5 aliphatic carbocycles. The Hall–Kier alpha value is -1.74. The zero-order valence-electron chi connectivity index (χ0n) is 21.5. The molecule has 4 bridgehead atoms. The van der Waals surface area contributed by atoms with Crippen LogP contribution in [0.2, 0.25) is 0 Å². The highest BCUT2D eigenvalue weighted by atomic mass is 32.2. The minimum absolute atomic E-state index is 0.0771. The molecule has 7 rings (SSSR count). The molecule has 6 aliphatic rings. The molecule has 1 aromatic rings. The highest BCUT2D eigenvalue weighted by molar-refractivity contribution is 8.00. The SMILES string of the molecule is CC(C)(COc1noc(C(=O)N[C@H]2C3CC4CC2C[C@](O)(C4)C3)c1SC1CCCC1)N1CCCC1=O. The van der Waals surface area contributed by atoms with Crippen molar-refractivity contribution in [2.45, 2.75) is 112 Å². The summed E-state index contributed by atoms with van der Waals surface area (Å²) in [5, 5.41) is 18.8. The van der Waals surface area contributed by atoms with Crippen LogP contribution in [0.5, 0.6) is 5.88 Å². The van der Waals surface area contributed by atoms with Crippen molar-refractivity contribution in [3.8, 4) is 5.88 Å². The third-order valence-corrected chi connectivity index (χ3v) is 10.7. The summed E-state index contributed by atoms with van der Waals surface area (Å²) >= 11 is 1.65. The first-order chi connectivity index (χ1) is 17.2. The molecule has 2 unspecified atom stereocenters. The van der Waals surface area contributed by atoms with Crippen LogP contribution in [0.4, 0.5) is 0 Å². The predicted octanol–water partition coefficient (Wildman–Crippen LogP) is 4.16. The van der Waals surface area contributed by atoms with Gasteiger partial charge in [-0.25, -0.2) is 0 Å². The van der Waals surface area contributed by atoms with Crippen molar-refractivity contribution in [3.05, 3.63) is 5.76 Å². The van der Waals surface area contributed by atoms with Crippen molar-refractivity contribution < 1.29 is 24.0 Å². The van der Waals surface area contributed by atoms with E-state index in [-0.39, 0.29) is 30.2 Å². The van der Waals surface area contributed by atoms with Gasteiger partial charge in [-0.05, 0) is 88.1 Å². The van der Waals surface area contributed by atoms with Crippen molar-refractivity contribution >= 4 is 23.6 Å². The van der Waals surface area contributed by atoms with Crippen LogP contribution in [0, 0.1) is 17.8 Å². The monoisotopic (exact) mass is 517 g/mol. The van der Waals surface area contributed by atoms with Gasteiger partial charge in [0.05, 0.1) is 11.1 Å². The van der Waals surface area contributed by atoms with Crippen LogP contribution in [-0.4, -0.2) is 62.6 Å². The summed E-state index contributed by atoms with van der Waals surface area (Å²) in [6.45, 7) is 5.05. The maximum Gasteiger partial charge on any atom is 0.291 e. The van der Waals surface area contributed by atoms with Crippen molar-refractivity contribution in [2.24, 2.45) is 17.8 Å². The zero-order chi connectivity index (χ0) is 25.1. The molecule has 2 atom stereocenters. The molecule has 5 saturated carbocycles. The Labute approximate surface area is 217 Å². The molecule has 8 nitrogen and oxygen atoms in total. The second-order valence-corrected chi connectivity index (χ2v) is 13.9. The van der Waals surface area contributed by atoms with Crippen LogP contribution < -0.4 is 10.1 Å². The van der Waals surface area contributed by atoms with Crippen LogP contribution in [0.1, 0.15) is 95.0 Å². The van der Waals surface area contributed by atoms with E-state index >= 15 is 0 Å². The average molecular weight is 518 g/mol. The van der Waals surface area contributed by atoms with Gasteiger partial charge in [-0.15, -0.1) is 11.8 Å². The molecule has 6 fully saturated rings. The van der Waals surface area contributed by atoms with Crippen molar-refractivity contribution in [1.29, 1.82) is 0 Å². The largest absolute Gasteiger partial charge is 0.472 e. The van der Waals surface area contributed by atoms with Crippen molar-refractivity contribution in [3.63, 3.8) is 0 Å². The molecule has 0 spiro atoms. The topological polar surface area (TPSA) is 105 Å². The number of amides is 2. The first-order valence-electron chi connectivity index (χ1n) is 13.8. The molecule has 2 N–H and O–H groups in total. The summed E-state index contributed by atoms with van der Waals surface area (Å²) in [5.41, 5.74) is -0.997. The lowest BCUT2D eigenvalue weighted by atomic mass is 9.52. The number of carbonyl (C=O) groups excluding carboxylic acids is 2. The zero-order valence-corrected chi connectivity index (χ0v) is 22.3. The number of aromatic nitrogens is 1. The molecule has 36 heavy (non-hydrogen) atoms. The van der Waals surface area contributed by atoms with Gasteiger partial charge < -0.3 is 24.6 Å². The first-order valence-corrected chi connectivity index (χ1v) is 14.7. The van der Waals surface area contributed by atoms with Gasteiger partial charge >= 0.3 is 0 Å². The summed E-state index contributed by atoms with van der Waals surface area (Å²) in [6, 6.07) is 0.0771. The van der Waals surface area contributed by atoms with Gasteiger partial charge in [0.15, 0.2) is 0 Å². The minimum Gasteiger partial charge on any atom is -0.472 e. The van der Waals surface area contributed by atoms with Gasteiger partial charge in [0.25, 0.3) is 11.8 Å². The molecule has 0 aromatic carbocycles. The van der Waals surface area contributed by atoms with E-state index in [1.165, 1.54) is 12.8 Å². The normalized spacial score (nSPS) is 34.1. The lowest BCUT2D eigenvalue weighted by Crippen LogP contribution is -2.61. The van der Waals surface area contributed by atoms with E-state index in [1.807, 2.05) is 18.7 Å². The predicted molar refractivity (Wildman–Crippen MR) is 135 cm³/mol. The number of hydrogen-bond donors (Lipinski definition) is 2. The van der Waals surface area contributed by atoms with E-state index < -0.39 is 11.1 Å². The lowest BCUT2D eigenvalue weighted by Gasteiger charge is -2.58. The Bertz CT molecular complexity index is 1000. The molecule has 198 valence electrons. The van der Waals surface area contributed by atoms with Gasteiger partial charge in [0, 0.05) is 24.3 Å². The highest BCUT2D eigenvalue weighted by Crippen LogP contribution is 2.55. The molecule has 1 aliphatic heterocycles. The van der Waals surface area contributed by atoms with Gasteiger partial charge in [-0.1, -0.05) is 12.8 Å². The number of aliphatic hydroxyl groups is 1. The highest BCUT2D eigenvalue weighted by Gasteiger charge is 2.55. The molecular formula is C27H39N3O5S. The Balaban J connectivity index is 1.19. The standard InChI is InChI=1S/C27H39N3O5S/c1-26(2,30-9-5-8-20(30)31)15-34-25-23(36-19-6-3-4-7-19)22(35-29-25)24(32)28-21-17-10-16-11-18(21)14-27(33,12-16)13-17/h16-19,21,33H,3-15H2,1-2H3,(H,28,32)/t16?,17?,18?,21-,27-. The molecule has 9 heteroatoms. The summed E-state index contributed by atoms with van der Waals surface area (Å²) < 4.78 is 11.8. The van der Waals surface area contributed by atoms with Crippen LogP contribution in [0.25, 0.3) is 0 Å². The molecule has 0 radical (unpaired) electrons. The number of nitrogens with zero attached hydrogens (tertiary/aromatic N) is 2.